The van der Waals surface area contributed by atoms with Crippen LogP contribution in [0, 0.1) is 0 Å². The zero-order valence-corrected chi connectivity index (χ0v) is 5.44. The van der Waals surface area contributed by atoms with E-state index in [1.807, 2.05) is 0 Å². The summed E-state index contributed by atoms with van der Waals surface area (Å²) in [5, 5.41) is 8.60. The SMILES string of the molecule is NC(CO)c1cnccn1. The monoisotopic (exact) mass is 139 g/mol. The maximum atomic E-state index is 8.60. The molecule has 0 saturated heterocycles. The predicted molar refractivity (Wildman–Crippen MR) is 36.0 cm³/mol. The lowest BCUT2D eigenvalue weighted by molar-refractivity contribution is 0.265. The van der Waals surface area contributed by atoms with E-state index < -0.39 is 6.04 Å². The summed E-state index contributed by atoms with van der Waals surface area (Å²) in [7, 11) is 0. The van der Waals surface area contributed by atoms with Crippen molar-refractivity contribution in [2.75, 3.05) is 6.61 Å². The van der Waals surface area contributed by atoms with E-state index in [-0.39, 0.29) is 6.61 Å². The van der Waals surface area contributed by atoms with Crippen LogP contribution in [0.5, 0.6) is 0 Å². The molecule has 0 aromatic carbocycles. The van der Waals surface area contributed by atoms with Crippen molar-refractivity contribution in [3.8, 4) is 0 Å². The van der Waals surface area contributed by atoms with E-state index in [9.17, 15) is 0 Å². The first-order valence-electron chi connectivity index (χ1n) is 2.97. The molecule has 1 heterocycles. The Bertz CT molecular complexity index is 189. The molecule has 0 amide bonds. The van der Waals surface area contributed by atoms with Gasteiger partial charge < -0.3 is 10.8 Å². The van der Waals surface area contributed by atoms with Crippen molar-refractivity contribution >= 4 is 0 Å². The molecular formula is C6H9N3O. The van der Waals surface area contributed by atoms with Crippen LogP contribution in [0.4, 0.5) is 0 Å². The van der Waals surface area contributed by atoms with Crippen LogP contribution in [0.25, 0.3) is 0 Å². The quantitative estimate of drug-likeness (QED) is 0.577. The summed E-state index contributed by atoms with van der Waals surface area (Å²) in [6.45, 7) is -0.0985. The van der Waals surface area contributed by atoms with Crippen LogP contribution >= 0.6 is 0 Å². The average molecular weight is 139 g/mol. The van der Waals surface area contributed by atoms with Crippen LogP contribution in [-0.4, -0.2) is 21.7 Å². The van der Waals surface area contributed by atoms with Crippen LogP contribution in [0.3, 0.4) is 0 Å². The average Bonchev–Trinajstić information content (AvgIpc) is 2.05. The van der Waals surface area contributed by atoms with Crippen LogP contribution in [0.2, 0.25) is 0 Å². The lowest BCUT2D eigenvalue weighted by atomic mass is 10.2. The number of rotatable bonds is 2. The van der Waals surface area contributed by atoms with Gasteiger partial charge in [0.1, 0.15) is 0 Å². The van der Waals surface area contributed by atoms with Crippen molar-refractivity contribution < 1.29 is 5.11 Å². The molecule has 1 atom stereocenters. The third-order valence-electron chi connectivity index (χ3n) is 1.16. The van der Waals surface area contributed by atoms with Gasteiger partial charge in [0, 0.05) is 12.4 Å². The summed E-state index contributed by atoms with van der Waals surface area (Å²) in [4.78, 5) is 7.70. The fraction of sp³-hybridized carbons (Fsp3) is 0.333. The maximum Gasteiger partial charge on any atom is 0.0777 e. The van der Waals surface area contributed by atoms with E-state index in [1.54, 1.807) is 18.6 Å². The van der Waals surface area contributed by atoms with Gasteiger partial charge in [-0.3, -0.25) is 9.97 Å². The van der Waals surface area contributed by atoms with E-state index in [2.05, 4.69) is 9.97 Å². The minimum Gasteiger partial charge on any atom is -0.394 e. The van der Waals surface area contributed by atoms with Crippen LogP contribution in [-0.2, 0) is 0 Å². The number of nitrogens with two attached hydrogens (primary N) is 1. The normalized spacial score (nSPS) is 13.0. The third kappa shape index (κ3) is 1.49. The highest BCUT2D eigenvalue weighted by Crippen LogP contribution is 2.01. The molecule has 4 heteroatoms. The van der Waals surface area contributed by atoms with E-state index in [0.29, 0.717) is 5.69 Å². The Hall–Kier alpha value is -1.00. The molecule has 0 bridgehead atoms. The zero-order chi connectivity index (χ0) is 7.40. The van der Waals surface area contributed by atoms with Crippen molar-refractivity contribution in [2.24, 2.45) is 5.73 Å². The van der Waals surface area contributed by atoms with Gasteiger partial charge >= 0.3 is 0 Å². The summed E-state index contributed by atoms with van der Waals surface area (Å²) >= 11 is 0. The molecule has 0 aliphatic carbocycles. The van der Waals surface area contributed by atoms with Crippen molar-refractivity contribution in [3.63, 3.8) is 0 Å². The highest BCUT2D eigenvalue weighted by Gasteiger charge is 2.03. The molecule has 0 aliphatic heterocycles. The van der Waals surface area contributed by atoms with Crippen molar-refractivity contribution in [1.29, 1.82) is 0 Å². The molecule has 1 aromatic rings. The third-order valence-corrected chi connectivity index (χ3v) is 1.16. The van der Waals surface area contributed by atoms with Gasteiger partial charge in [0.15, 0.2) is 0 Å². The van der Waals surface area contributed by atoms with Gasteiger partial charge in [-0.15, -0.1) is 0 Å². The Morgan fingerprint density at radius 3 is 2.90 bits per heavy atom. The Labute approximate surface area is 58.7 Å². The standard InChI is InChI=1S/C6H9N3O/c7-5(4-10)6-3-8-1-2-9-6/h1-3,5,10H,4,7H2. The molecule has 54 valence electrons. The van der Waals surface area contributed by atoms with Gasteiger partial charge in [-0.05, 0) is 0 Å². The summed E-state index contributed by atoms with van der Waals surface area (Å²) in [5.74, 6) is 0. The molecule has 1 unspecified atom stereocenters. The first kappa shape index (κ1) is 7.11. The number of hydrogen-bond acceptors (Lipinski definition) is 4. The van der Waals surface area contributed by atoms with Crippen LogP contribution in [0.15, 0.2) is 18.6 Å². The molecule has 10 heavy (non-hydrogen) atoms. The Balaban J connectivity index is 2.75. The number of aliphatic hydroxyl groups excluding tert-OH is 1. The highest BCUT2D eigenvalue weighted by atomic mass is 16.3. The van der Waals surface area contributed by atoms with E-state index in [1.165, 1.54) is 0 Å². The number of hydrogen-bond donors (Lipinski definition) is 2. The summed E-state index contributed by atoms with van der Waals surface area (Å²) in [6, 6.07) is -0.409. The number of aromatic nitrogens is 2. The lowest BCUT2D eigenvalue weighted by Crippen LogP contribution is -2.15. The van der Waals surface area contributed by atoms with E-state index in [4.69, 9.17) is 10.8 Å². The number of aliphatic hydroxyl groups is 1. The Morgan fingerprint density at radius 1 is 1.60 bits per heavy atom. The first-order valence-corrected chi connectivity index (χ1v) is 2.97. The van der Waals surface area contributed by atoms with Crippen molar-refractivity contribution in [3.05, 3.63) is 24.3 Å². The molecule has 0 aliphatic rings. The Kier molecular flexibility index (Phi) is 2.30. The van der Waals surface area contributed by atoms with Crippen LogP contribution < -0.4 is 5.73 Å². The second kappa shape index (κ2) is 3.24. The van der Waals surface area contributed by atoms with E-state index in [0.717, 1.165) is 0 Å². The number of nitrogens with zero attached hydrogens (tertiary/aromatic N) is 2. The fourth-order valence-electron chi connectivity index (χ4n) is 0.596. The molecule has 0 saturated carbocycles. The topological polar surface area (TPSA) is 72.0 Å². The summed E-state index contributed by atoms with van der Waals surface area (Å²) in [6.07, 6.45) is 4.65. The largest absolute Gasteiger partial charge is 0.394 e. The molecule has 0 fully saturated rings. The van der Waals surface area contributed by atoms with Gasteiger partial charge in [-0.25, -0.2) is 0 Å². The smallest absolute Gasteiger partial charge is 0.0777 e. The molecule has 4 nitrogen and oxygen atoms in total. The molecule has 0 spiro atoms. The highest BCUT2D eigenvalue weighted by molar-refractivity contribution is 5.00. The summed E-state index contributed by atoms with van der Waals surface area (Å²) in [5.41, 5.74) is 6.06. The molecular weight excluding hydrogens is 130 g/mol. The van der Waals surface area contributed by atoms with Crippen molar-refractivity contribution in [1.82, 2.24) is 9.97 Å². The van der Waals surface area contributed by atoms with Gasteiger partial charge in [0.2, 0.25) is 0 Å². The first-order chi connectivity index (χ1) is 4.84. The van der Waals surface area contributed by atoms with Crippen LogP contribution in [0.1, 0.15) is 11.7 Å². The van der Waals surface area contributed by atoms with Gasteiger partial charge in [-0.2, -0.15) is 0 Å². The minimum atomic E-state index is -0.409. The molecule has 1 aromatic heterocycles. The summed E-state index contributed by atoms with van der Waals surface area (Å²) < 4.78 is 0. The second-order valence-electron chi connectivity index (χ2n) is 1.92. The minimum absolute atomic E-state index is 0.0985. The zero-order valence-electron chi connectivity index (χ0n) is 5.44. The molecule has 1 rings (SSSR count). The van der Waals surface area contributed by atoms with Gasteiger partial charge in [0.05, 0.1) is 24.5 Å². The maximum absolute atomic E-state index is 8.60. The van der Waals surface area contributed by atoms with Crippen molar-refractivity contribution in [2.45, 2.75) is 6.04 Å². The second-order valence-corrected chi connectivity index (χ2v) is 1.92. The fourth-order valence-corrected chi connectivity index (χ4v) is 0.596. The molecule has 3 N–H and O–H groups in total. The predicted octanol–water partition coefficient (Wildman–Crippen LogP) is -0.531. The lowest BCUT2D eigenvalue weighted by Gasteiger charge is -2.04. The van der Waals surface area contributed by atoms with E-state index >= 15 is 0 Å². The molecule has 0 radical (unpaired) electrons. The van der Waals surface area contributed by atoms with Gasteiger partial charge in [0.25, 0.3) is 0 Å². The van der Waals surface area contributed by atoms with Gasteiger partial charge in [-0.1, -0.05) is 0 Å². The Morgan fingerprint density at radius 2 is 2.40 bits per heavy atom.